The van der Waals surface area contributed by atoms with E-state index in [1.54, 1.807) is 0 Å². The van der Waals surface area contributed by atoms with Gasteiger partial charge in [-0.15, -0.1) is 0 Å². The first kappa shape index (κ1) is 10.8. The predicted octanol–water partition coefficient (Wildman–Crippen LogP) is 2.03. The SMILES string of the molecule is NCCC1CCOC2(CCSCC2)C1. The molecule has 0 radical (unpaired) electrons. The molecule has 0 saturated carbocycles. The number of nitrogens with two attached hydrogens (primary N) is 1. The molecule has 14 heavy (non-hydrogen) atoms. The largest absolute Gasteiger partial charge is 0.375 e. The van der Waals surface area contributed by atoms with E-state index in [4.69, 9.17) is 10.5 Å². The summed E-state index contributed by atoms with van der Waals surface area (Å²) in [7, 11) is 0. The minimum Gasteiger partial charge on any atom is -0.375 e. The number of rotatable bonds is 2. The summed E-state index contributed by atoms with van der Waals surface area (Å²) >= 11 is 2.07. The van der Waals surface area contributed by atoms with Crippen LogP contribution in [0.15, 0.2) is 0 Å². The average molecular weight is 215 g/mol. The van der Waals surface area contributed by atoms with E-state index in [9.17, 15) is 0 Å². The van der Waals surface area contributed by atoms with E-state index in [0.717, 1.165) is 19.1 Å². The van der Waals surface area contributed by atoms with Crippen LogP contribution in [0.2, 0.25) is 0 Å². The molecule has 2 fully saturated rings. The highest BCUT2D eigenvalue weighted by Gasteiger charge is 2.38. The van der Waals surface area contributed by atoms with Gasteiger partial charge in [-0.05, 0) is 56.1 Å². The first-order valence-electron chi connectivity index (χ1n) is 5.76. The van der Waals surface area contributed by atoms with Gasteiger partial charge in [0.05, 0.1) is 5.60 Å². The van der Waals surface area contributed by atoms with Gasteiger partial charge in [-0.1, -0.05) is 0 Å². The van der Waals surface area contributed by atoms with Gasteiger partial charge in [0.2, 0.25) is 0 Å². The van der Waals surface area contributed by atoms with Crippen LogP contribution in [-0.4, -0.2) is 30.3 Å². The number of hydrogen-bond donors (Lipinski definition) is 1. The normalized spacial score (nSPS) is 31.9. The van der Waals surface area contributed by atoms with Gasteiger partial charge in [-0.25, -0.2) is 0 Å². The van der Waals surface area contributed by atoms with Crippen LogP contribution in [0.25, 0.3) is 0 Å². The van der Waals surface area contributed by atoms with E-state index in [-0.39, 0.29) is 5.60 Å². The second kappa shape index (κ2) is 4.86. The molecule has 2 aliphatic rings. The van der Waals surface area contributed by atoms with Crippen molar-refractivity contribution in [1.29, 1.82) is 0 Å². The van der Waals surface area contributed by atoms with E-state index in [0.29, 0.717) is 0 Å². The molecule has 0 amide bonds. The van der Waals surface area contributed by atoms with Crippen LogP contribution in [0.4, 0.5) is 0 Å². The fourth-order valence-corrected chi connectivity index (χ4v) is 3.94. The zero-order valence-corrected chi connectivity index (χ0v) is 9.65. The van der Waals surface area contributed by atoms with Gasteiger partial charge >= 0.3 is 0 Å². The first-order valence-corrected chi connectivity index (χ1v) is 6.92. The lowest BCUT2D eigenvalue weighted by Gasteiger charge is -2.43. The predicted molar refractivity (Wildman–Crippen MR) is 61.6 cm³/mol. The maximum absolute atomic E-state index is 6.03. The molecule has 2 saturated heterocycles. The lowest BCUT2D eigenvalue weighted by Crippen LogP contribution is -2.43. The Bertz CT molecular complexity index is 173. The molecule has 2 heterocycles. The van der Waals surface area contributed by atoms with Crippen LogP contribution < -0.4 is 5.73 Å². The van der Waals surface area contributed by atoms with Gasteiger partial charge in [-0.2, -0.15) is 11.8 Å². The Labute approximate surface area is 91.0 Å². The van der Waals surface area contributed by atoms with Crippen LogP contribution in [0, 0.1) is 5.92 Å². The molecule has 1 atom stereocenters. The van der Waals surface area contributed by atoms with E-state index in [1.807, 2.05) is 0 Å². The highest BCUT2D eigenvalue weighted by molar-refractivity contribution is 7.99. The molecule has 82 valence electrons. The molecule has 0 aromatic heterocycles. The number of thioether (sulfide) groups is 1. The summed E-state index contributed by atoms with van der Waals surface area (Å²) in [4.78, 5) is 0. The van der Waals surface area contributed by atoms with E-state index < -0.39 is 0 Å². The summed E-state index contributed by atoms with van der Waals surface area (Å²) in [5.74, 6) is 3.40. The Morgan fingerprint density at radius 3 is 2.86 bits per heavy atom. The Hall–Kier alpha value is 0.270. The Morgan fingerprint density at radius 2 is 2.14 bits per heavy atom. The lowest BCUT2D eigenvalue weighted by atomic mass is 9.80. The van der Waals surface area contributed by atoms with Gasteiger partial charge < -0.3 is 10.5 Å². The van der Waals surface area contributed by atoms with Gasteiger partial charge in [0, 0.05) is 6.61 Å². The fraction of sp³-hybridized carbons (Fsp3) is 1.00. The number of hydrogen-bond acceptors (Lipinski definition) is 3. The molecule has 0 aliphatic carbocycles. The van der Waals surface area contributed by atoms with Crippen molar-refractivity contribution in [2.24, 2.45) is 11.7 Å². The minimum absolute atomic E-state index is 0.253. The fourth-order valence-electron chi connectivity index (χ4n) is 2.70. The summed E-state index contributed by atoms with van der Waals surface area (Å²) < 4.78 is 6.03. The molecular weight excluding hydrogens is 194 g/mol. The molecule has 3 heteroatoms. The minimum atomic E-state index is 0.253. The van der Waals surface area contributed by atoms with Crippen LogP contribution >= 0.6 is 11.8 Å². The molecule has 0 bridgehead atoms. The molecule has 2 N–H and O–H groups in total. The zero-order valence-electron chi connectivity index (χ0n) is 8.84. The molecule has 2 nitrogen and oxygen atoms in total. The quantitative estimate of drug-likeness (QED) is 0.765. The Kier molecular flexibility index (Phi) is 3.74. The van der Waals surface area contributed by atoms with Crippen molar-refractivity contribution in [3.8, 4) is 0 Å². The highest BCUT2D eigenvalue weighted by Crippen LogP contribution is 2.40. The summed E-state index contributed by atoms with van der Waals surface area (Å²) in [6.07, 6.45) is 6.21. The van der Waals surface area contributed by atoms with Crippen molar-refractivity contribution >= 4 is 11.8 Å². The summed E-state index contributed by atoms with van der Waals surface area (Å²) in [6, 6.07) is 0. The van der Waals surface area contributed by atoms with Crippen LogP contribution in [0.5, 0.6) is 0 Å². The van der Waals surface area contributed by atoms with Gasteiger partial charge in [0.1, 0.15) is 0 Å². The highest BCUT2D eigenvalue weighted by atomic mass is 32.2. The van der Waals surface area contributed by atoms with Crippen LogP contribution in [0.3, 0.4) is 0 Å². The summed E-state index contributed by atoms with van der Waals surface area (Å²) in [5.41, 5.74) is 5.89. The smallest absolute Gasteiger partial charge is 0.0700 e. The molecular formula is C11H21NOS. The molecule has 2 aliphatic heterocycles. The van der Waals surface area contributed by atoms with Crippen molar-refractivity contribution in [3.05, 3.63) is 0 Å². The zero-order chi connectivity index (χ0) is 9.86. The van der Waals surface area contributed by atoms with Gasteiger partial charge in [-0.3, -0.25) is 0 Å². The average Bonchev–Trinajstić information content (AvgIpc) is 2.19. The first-order chi connectivity index (χ1) is 6.85. The van der Waals surface area contributed by atoms with Gasteiger partial charge in [0.15, 0.2) is 0 Å². The third-order valence-corrected chi connectivity index (χ3v) is 4.56. The van der Waals surface area contributed by atoms with Crippen molar-refractivity contribution in [1.82, 2.24) is 0 Å². The summed E-state index contributed by atoms with van der Waals surface area (Å²) in [5, 5.41) is 0. The molecule has 1 spiro atoms. The second-order valence-electron chi connectivity index (χ2n) is 4.58. The van der Waals surface area contributed by atoms with E-state index >= 15 is 0 Å². The molecule has 0 aromatic carbocycles. The maximum Gasteiger partial charge on any atom is 0.0700 e. The van der Waals surface area contributed by atoms with Crippen molar-refractivity contribution in [2.45, 2.75) is 37.7 Å². The lowest BCUT2D eigenvalue weighted by molar-refractivity contribution is -0.102. The number of ether oxygens (including phenoxy) is 1. The third-order valence-electron chi connectivity index (χ3n) is 3.57. The molecule has 1 unspecified atom stereocenters. The van der Waals surface area contributed by atoms with Gasteiger partial charge in [0.25, 0.3) is 0 Å². The molecule has 2 rings (SSSR count). The van der Waals surface area contributed by atoms with Crippen LogP contribution in [-0.2, 0) is 4.74 Å². The van der Waals surface area contributed by atoms with Crippen LogP contribution in [0.1, 0.15) is 32.1 Å². The van der Waals surface area contributed by atoms with Crippen molar-refractivity contribution in [3.63, 3.8) is 0 Å². The second-order valence-corrected chi connectivity index (χ2v) is 5.80. The van der Waals surface area contributed by atoms with Crippen molar-refractivity contribution < 1.29 is 4.74 Å². The van der Waals surface area contributed by atoms with E-state index in [2.05, 4.69) is 11.8 Å². The van der Waals surface area contributed by atoms with E-state index in [1.165, 1.54) is 43.6 Å². The monoisotopic (exact) mass is 215 g/mol. The Morgan fingerprint density at radius 1 is 1.36 bits per heavy atom. The molecule has 0 aromatic rings. The summed E-state index contributed by atoms with van der Waals surface area (Å²) in [6.45, 7) is 1.81. The topological polar surface area (TPSA) is 35.2 Å². The van der Waals surface area contributed by atoms with Crippen molar-refractivity contribution in [2.75, 3.05) is 24.7 Å². The third kappa shape index (κ3) is 2.44. The standard InChI is InChI=1S/C11H21NOS/c12-5-1-10-2-6-13-11(9-10)3-7-14-8-4-11/h10H,1-9,12H2. The Balaban J connectivity index is 1.91. The maximum atomic E-state index is 6.03.